The van der Waals surface area contributed by atoms with Crippen LogP contribution in [0, 0.1) is 0 Å². The molecule has 1 aliphatic rings. The summed E-state index contributed by atoms with van der Waals surface area (Å²) in [6, 6.07) is 12.8. The van der Waals surface area contributed by atoms with Crippen molar-refractivity contribution in [2.75, 3.05) is 6.54 Å². The van der Waals surface area contributed by atoms with Crippen molar-refractivity contribution in [2.24, 2.45) is 0 Å². The van der Waals surface area contributed by atoms with Crippen LogP contribution < -0.4 is 4.72 Å². The molecule has 0 fully saturated rings. The summed E-state index contributed by atoms with van der Waals surface area (Å²) < 4.78 is 30.5. The topological polar surface area (TPSA) is 119 Å². The van der Waals surface area contributed by atoms with Gasteiger partial charge in [0.25, 0.3) is 0 Å². The highest BCUT2D eigenvalue weighted by atomic mass is 35.5. The molecule has 172 valence electrons. The zero-order chi connectivity index (χ0) is 23.3. The highest BCUT2D eigenvalue weighted by Crippen LogP contribution is 2.49. The summed E-state index contributed by atoms with van der Waals surface area (Å²) in [6.45, 7) is 0.0194. The van der Waals surface area contributed by atoms with Crippen molar-refractivity contribution in [1.29, 1.82) is 0 Å². The van der Waals surface area contributed by atoms with Crippen LogP contribution in [0.3, 0.4) is 0 Å². The van der Waals surface area contributed by atoms with Gasteiger partial charge in [0.1, 0.15) is 6.61 Å². The number of esters is 1. The molecule has 0 aliphatic carbocycles. The van der Waals surface area contributed by atoms with E-state index >= 15 is 0 Å². The molecule has 1 unspecified atom stereocenters. The third kappa shape index (κ3) is 6.16. The first-order valence-electron chi connectivity index (χ1n) is 9.59. The number of ether oxygens (including phenoxy) is 1. The molecular weight excluding hydrogens is 479 g/mol. The number of carbonyl (C=O) groups excluding carboxylic acids is 1. The van der Waals surface area contributed by atoms with Gasteiger partial charge in [-0.05, 0) is 29.7 Å². The van der Waals surface area contributed by atoms with Crippen molar-refractivity contribution in [3.8, 4) is 0 Å². The Morgan fingerprint density at radius 3 is 2.50 bits per heavy atom. The van der Waals surface area contributed by atoms with Crippen molar-refractivity contribution in [3.63, 3.8) is 0 Å². The van der Waals surface area contributed by atoms with Gasteiger partial charge in [0.2, 0.25) is 0 Å². The molecule has 0 radical (unpaired) electrons. The number of halogens is 2. The molecule has 8 nitrogen and oxygen atoms in total. The van der Waals surface area contributed by atoms with Gasteiger partial charge < -0.3 is 9.84 Å². The third-order valence-electron chi connectivity index (χ3n) is 4.69. The number of hydrogen-bond acceptors (Lipinski definition) is 7. The van der Waals surface area contributed by atoms with Crippen LogP contribution in [0.25, 0.3) is 0 Å². The summed E-state index contributed by atoms with van der Waals surface area (Å²) in [4.78, 5) is 23.8. The van der Waals surface area contributed by atoms with E-state index in [1.807, 2.05) is 30.3 Å². The molecule has 2 aromatic rings. The molecule has 1 heterocycles. The summed E-state index contributed by atoms with van der Waals surface area (Å²) in [6.07, 6.45) is 1.26. The van der Waals surface area contributed by atoms with E-state index < -0.39 is 28.9 Å². The Morgan fingerprint density at radius 1 is 1.12 bits per heavy atom. The Bertz CT molecular complexity index is 1020. The molecule has 0 bridgehead atoms. The van der Waals surface area contributed by atoms with Crippen molar-refractivity contribution in [1.82, 2.24) is 9.03 Å². The van der Waals surface area contributed by atoms with Crippen LogP contribution in [0.2, 0.25) is 10.0 Å². The molecule has 0 aromatic heterocycles. The van der Waals surface area contributed by atoms with Gasteiger partial charge in [0.15, 0.2) is 0 Å². The summed E-state index contributed by atoms with van der Waals surface area (Å²) in [7, 11) is -3.56. The van der Waals surface area contributed by atoms with E-state index in [4.69, 9.17) is 33.0 Å². The number of nitrogens with one attached hydrogen (secondary N) is 1. The number of rotatable bonds is 8. The minimum atomic E-state index is -3.56. The fourth-order valence-electron chi connectivity index (χ4n) is 3.11. The number of hydrogen-bond donors (Lipinski definition) is 4. The average molecular weight is 501 g/mol. The first-order valence-corrected chi connectivity index (χ1v) is 11.8. The molecule has 4 N–H and O–H groups in total. The van der Waals surface area contributed by atoms with Gasteiger partial charge in [-0.15, -0.1) is 0 Å². The first-order chi connectivity index (χ1) is 15.2. The normalized spacial score (nSPS) is 18.6. The van der Waals surface area contributed by atoms with Crippen LogP contribution in [0.1, 0.15) is 30.0 Å². The number of carboxylic acid groups (broad SMARTS) is 1. The maximum absolute atomic E-state index is 13.0. The van der Waals surface area contributed by atoms with Crippen LogP contribution in [-0.4, -0.2) is 37.0 Å². The van der Waals surface area contributed by atoms with E-state index in [0.29, 0.717) is 10.6 Å². The van der Waals surface area contributed by atoms with Crippen molar-refractivity contribution < 1.29 is 28.5 Å². The van der Waals surface area contributed by atoms with Gasteiger partial charge in [0, 0.05) is 29.2 Å². The zero-order valence-electron chi connectivity index (χ0n) is 16.8. The molecule has 3 rings (SSSR count). The summed E-state index contributed by atoms with van der Waals surface area (Å²) >= 11 is 12.3. The fourth-order valence-corrected chi connectivity index (χ4v) is 4.98. The van der Waals surface area contributed by atoms with E-state index in [1.54, 1.807) is 12.1 Å². The Kier molecular flexibility index (Phi) is 8.05. The van der Waals surface area contributed by atoms with Crippen molar-refractivity contribution in [2.45, 2.75) is 25.5 Å². The van der Waals surface area contributed by atoms with Crippen LogP contribution in [-0.2, 0) is 20.9 Å². The zero-order valence-corrected chi connectivity index (χ0v) is 19.1. The van der Waals surface area contributed by atoms with Gasteiger partial charge in [0.05, 0.1) is 11.6 Å². The Balaban J connectivity index is 1.91. The summed E-state index contributed by atoms with van der Waals surface area (Å²) in [5.74, 6) is -1.70. The molecule has 0 spiro atoms. The lowest BCUT2D eigenvalue weighted by Crippen LogP contribution is -2.43. The molecule has 0 amide bonds. The second-order valence-corrected chi connectivity index (χ2v) is 9.61. The minimum absolute atomic E-state index is 0.00182. The van der Waals surface area contributed by atoms with Gasteiger partial charge in [-0.1, -0.05) is 70.6 Å². The quantitative estimate of drug-likeness (QED) is 0.373. The summed E-state index contributed by atoms with van der Waals surface area (Å²) in [5.41, 5.74) is 1.28. The molecule has 0 saturated heterocycles. The number of aliphatic carboxylic acids is 1. The van der Waals surface area contributed by atoms with Crippen molar-refractivity contribution in [3.05, 3.63) is 81.5 Å². The molecule has 11 heteroatoms. The fraction of sp³-hybridized carbons (Fsp3) is 0.238. The number of carbonyl (C=O) groups is 2. The lowest BCUT2D eigenvalue weighted by Gasteiger charge is -2.48. The number of nitrogens with zero attached hydrogens (tertiary/aromatic N) is 1. The van der Waals surface area contributed by atoms with Crippen LogP contribution >= 0.6 is 34.2 Å². The third-order valence-corrected chi connectivity index (χ3v) is 6.74. The smallest absolute Gasteiger partial charge is 0.337 e. The van der Waals surface area contributed by atoms with Gasteiger partial charge >= 0.3 is 11.9 Å². The summed E-state index contributed by atoms with van der Waals surface area (Å²) in [5, 5.41) is 9.48. The minimum Gasteiger partial charge on any atom is -0.481 e. The monoisotopic (exact) mass is 500 g/mol. The van der Waals surface area contributed by atoms with Gasteiger partial charge in [-0.2, -0.15) is 4.72 Å². The van der Waals surface area contributed by atoms with Crippen LogP contribution in [0.15, 0.2) is 60.3 Å². The van der Waals surface area contributed by atoms with Gasteiger partial charge in [-0.25, -0.2) is 4.79 Å². The molecule has 2 aromatic carbocycles. The second kappa shape index (κ2) is 10.6. The van der Waals surface area contributed by atoms with E-state index in [-0.39, 0.29) is 36.6 Å². The van der Waals surface area contributed by atoms with Crippen LogP contribution in [0.4, 0.5) is 0 Å². The average Bonchev–Trinajstić information content (AvgIpc) is 2.73. The maximum Gasteiger partial charge on any atom is 0.337 e. The Labute approximate surface area is 197 Å². The van der Waals surface area contributed by atoms with Crippen LogP contribution in [0.5, 0.6) is 0 Å². The van der Waals surface area contributed by atoms with E-state index in [2.05, 4.69) is 4.72 Å². The highest BCUT2D eigenvalue weighted by molar-refractivity contribution is 8.20. The number of benzene rings is 2. The predicted molar refractivity (Wildman–Crippen MR) is 123 cm³/mol. The second-order valence-electron chi connectivity index (χ2n) is 7.02. The van der Waals surface area contributed by atoms with E-state index in [0.717, 1.165) is 9.87 Å². The van der Waals surface area contributed by atoms with E-state index in [1.165, 1.54) is 12.3 Å². The molecule has 32 heavy (non-hydrogen) atoms. The van der Waals surface area contributed by atoms with Crippen molar-refractivity contribution >= 4 is 46.1 Å². The van der Waals surface area contributed by atoms with Gasteiger partial charge in [-0.3, -0.25) is 18.2 Å². The largest absolute Gasteiger partial charge is 0.481 e. The number of carboxylic acids is 1. The molecule has 0 saturated carbocycles. The Hall–Kier alpha value is -2.27. The lowest BCUT2D eigenvalue weighted by atomic mass is 10.00. The molecular formula is C21H22Cl2N2O6S. The molecule has 1 aliphatic heterocycles. The van der Waals surface area contributed by atoms with E-state index in [9.17, 15) is 18.7 Å². The highest BCUT2D eigenvalue weighted by Gasteiger charge is 2.37. The standard InChI is InChI=1S/C21H22Cl2N2O6S/c22-15-8-9-16(18(23)11-15)20-17(21(28)31-13-14-5-2-1-3-6-14)12-25(32(29,30)24-20)10-4-7-19(26)27/h1-3,5-6,8-9,11-12,20,24,29-30H,4,7,10,13H2,(H,26,27). The SMILES string of the molecule is O=C(O)CCCN1C=C(C(=O)OCc2ccccc2)C(c2ccc(Cl)cc2Cl)NS1(O)O. The Morgan fingerprint density at radius 2 is 1.84 bits per heavy atom. The first kappa shape index (κ1) is 24.4. The lowest BCUT2D eigenvalue weighted by molar-refractivity contribution is -0.141. The molecule has 1 atom stereocenters. The predicted octanol–water partition coefficient (Wildman–Crippen LogP) is 5.01. The maximum atomic E-state index is 13.0.